The van der Waals surface area contributed by atoms with Gasteiger partial charge in [0, 0.05) is 11.9 Å². The van der Waals surface area contributed by atoms with Gasteiger partial charge in [-0.05, 0) is 37.3 Å². The van der Waals surface area contributed by atoms with Gasteiger partial charge in [-0.1, -0.05) is 36.4 Å². The van der Waals surface area contributed by atoms with Gasteiger partial charge in [0.15, 0.2) is 0 Å². The van der Waals surface area contributed by atoms with Crippen molar-refractivity contribution in [2.24, 2.45) is 0 Å². The van der Waals surface area contributed by atoms with Crippen LogP contribution in [-0.4, -0.2) is 41.7 Å². The minimum atomic E-state index is -0.701. The van der Waals surface area contributed by atoms with E-state index in [-0.39, 0.29) is 6.04 Å². The molecule has 1 atom stereocenters. The molecule has 4 heteroatoms. The summed E-state index contributed by atoms with van der Waals surface area (Å²) in [6, 6.07) is 13.9. The summed E-state index contributed by atoms with van der Waals surface area (Å²) in [6.45, 7) is 2.27. The molecule has 116 valence electrons. The van der Waals surface area contributed by atoms with Crippen molar-refractivity contribution in [1.82, 2.24) is 4.90 Å². The zero-order valence-corrected chi connectivity index (χ0v) is 12.6. The van der Waals surface area contributed by atoms with E-state index in [2.05, 4.69) is 23.1 Å². The summed E-state index contributed by atoms with van der Waals surface area (Å²) >= 11 is 0. The van der Waals surface area contributed by atoms with E-state index in [0.717, 1.165) is 43.5 Å². The minimum absolute atomic E-state index is 0.308. The van der Waals surface area contributed by atoms with E-state index in [1.54, 1.807) is 0 Å². The molecule has 0 radical (unpaired) electrons. The number of ether oxygens (including phenoxy) is 1. The van der Waals surface area contributed by atoms with Crippen LogP contribution >= 0.6 is 0 Å². The van der Waals surface area contributed by atoms with Gasteiger partial charge in [-0.2, -0.15) is 0 Å². The molecule has 2 aromatic rings. The zero-order chi connectivity index (χ0) is 15.4. The summed E-state index contributed by atoms with van der Waals surface area (Å²) in [6.07, 6.45) is 2.58. The molecule has 0 aromatic heterocycles. The number of carboxylic acid groups (broad SMARTS) is 1. The van der Waals surface area contributed by atoms with Crippen LogP contribution in [0.4, 0.5) is 0 Å². The third-order valence-corrected chi connectivity index (χ3v) is 4.25. The predicted octanol–water partition coefficient (Wildman–Crippen LogP) is 3.16. The van der Waals surface area contributed by atoms with Gasteiger partial charge in [0.2, 0.25) is 0 Å². The molecule has 4 nitrogen and oxygen atoms in total. The summed E-state index contributed by atoms with van der Waals surface area (Å²) in [5.74, 6) is 0.196. The van der Waals surface area contributed by atoms with E-state index in [1.165, 1.54) is 5.39 Å². The number of hydrogen-bond donors (Lipinski definition) is 1. The van der Waals surface area contributed by atoms with Gasteiger partial charge in [0.1, 0.15) is 11.8 Å². The van der Waals surface area contributed by atoms with Gasteiger partial charge in [0.05, 0.1) is 6.61 Å². The van der Waals surface area contributed by atoms with Crippen molar-refractivity contribution in [3.05, 3.63) is 42.5 Å². The molecule has 0 aliphatic carbocycles. The Bertz CT molecular complexity index is 650. The minimum Gasteiger partial charge on any atom is -0.493 e. The van der Waals surface area contributed by atoms with Crippen molar-refractivity contribution >= 4 is 16.7 Å². The molecule has 3 rings (SSSR count). The second-order valence-electron chi connectivity index (χ2n) is 5.71. The maximum Gasteiger partial charge on any atom is 0.320 e. The van der Waals surface area contributed by atoms with Crippen molar-refractivity contribution in [3.8, 4) is 5.75 Å². The number of carboxylic acids is 1. The largest absolute Gasteiger partial charge is 0.493 e. The number of carbonyl (C=O) groups is 1. The maximum absolute atomic E-state index is 11.1. The van der Waals surface area contributed by atoms with Crippen LogP contribution in [0, 0.1) is 0 Å². The van der Waals surface area contributed by atoms with E-state index >= 15 is 0 Å². The Labute approximate surface area is 130 Å². The first-order valence-electron chi connectivity index (χ1n) is 7.83. The van der Waals surface area contributed by atoms with E-state index in [0.29, 0.717) is 6.61 Å². The summed E-state index contributed by atoms with van der Waals surface area (Å²) in [4.78, 5) is 13.2. The lowest BCUT2D eigenvalue weighted by atomic mass is 10.1. The molecule has 1 N–H and O–H groups in total. The number of fused-ring (bicyclic) bond motifs is 1. The zero-order valence-electron chi connectivity index (χ0n) is 12.6. The molecule has 1 fully saturated rings. The van der Waals surface area contributed by atoms with Crippen molar-refractivity contribution in [2.75, 3.05) is 19.7 Å². The monoisotopic (exact) mass is 299 g/mol. The topological polar surface area (TPSA) is 49.8 Å². The highest BCUT2D eigenvalue weighted by atomic mass is 16.5. The van der Waals surface area contributed by atoms with Crippen LogP contribution in [0.1, 0.15) is 19.3 Å². The second kappa shape index (κ2) is 6.79. The molecule has 1 heterocycles. The van der Waals surface area contributed by atoms with Gasteiger partial charge < -0.3 is 9.84 Å². The summed E-state index contributed by atoms with van der Waals surface area (Å²) in [5.41, 5.74) is 0. The van der Waals surface area contributed by atoms with Crippen LogP contribution in [0.15, 0.2) is 42.5 Å². The molecule has 0 spiro atoms. The van der Waals surface area contributed by atoms with Crippen LogP contribution in [0.25, 0.3) is 10.8 Å². The van der Waals surface area contributed by atoms with E-state index in [9.17, 15) is 4.79 Å². The summed E-state index contributed by atoms with van der Waals surface area (Å²) in [7, 11) is 0. The highest BCUT2D eigenvalue weighted by molar-refractivity contribution is 5.88. The first-order chi connectivity index (χ1) is 10.8. The van der Waals surface area contributed by atoms with E-state index < -0.39 is 5.97 Å². The standard InChI is InChI=1S/C18H21NO3/c20-18(21)16-9-4-11-19(16)12-5-13-22-17-10-3-7-14-6-1-2-8-15(14)17/h1-3,6-8,10,16H,4-5,9,11-13H2,(H,20,21)/t16-/m0/s1. The molecular weight excluding hydrogens is 278 g/mol. The Hall–Kier alpha value is -2.07. The average Bonchev–Trinajstić information content (AvgIpc) is 3.00. The number of benzene rings is 2. The quantitative estimate of drug-likeness (QED) is 0.832. The molecule has 1 aliphatic rings. The van der Waals surface area contributed by atoms with Crippen molar-refractivity contribution in [2.45, 2.75) is 25.3 Å². The number of nitrogens with zero attached hydrogens (tertiary/aromatic N) is 1. The normalized spacial score (nSPS) is 18.6. The van der Waals surface area contributed by atoms with Gasteiger partial charge in [-0.25, -0.2) is 0 Å². The summed E-state index contributed by atoms with van der Waals surface area (Å²) in [5, 5.41) is 11.5. The molecule has 0 bridgehead atoms. The van der Waals surface area contributed by atoms with Crippen LogP contribution in [-0.2, 0) is 4.79 Å². The van der Waals surface area contributed by atoms with Gasteiger partial charge in [-0.3, -0.25) is 9.69 Å². The maximum atomic E-state index is 11.1. The second-order valence-corrected chi connectivity index (χ2v) is 5.71. The van der Waals surface area contributed by atoms with Gasteiger partial charge in [0.25, 0.3) is 0 Å². The number of hydrogen-bond acceptors (Lipinski definition) is 3. The van der Waals surface area contributed by atoms with Crippen molar-refractivity contribution in [3.63, 3.8) is 0 Å². The molecule has 0 unspecified atom stereocenters. The van der Waals surface area contributed by atoms with Crippen LogP contribution in [0.3, 0.4) is 0 Å². The lowest BCUT2D eigenvalue weighted by Crippen LogP contribution is -2.36. The fourth-order valence-corrected chi connectivity index (χ4v) is 3.14. The predicted molar refractivity (Wildman–Crippen MR) is 86.3 cm³/mol. The molecular formula is C18H21NO3. The smallest absolute Gasteiger partial charge is 0.320 e. The lowest BCUT2D eigenvalue weighted by molar-refractivity contribution is -0.142. The molecule has 22 heavy (non-hydrogen) atoms. The molecule has 0 amide bonds. The SMILES string of the molecule is O=C(O)[C@@H]1CCCN1CCCOc1cccc2ccccc12. The lowest BCUT2D eigenvalue weighted by Gasteiger charge is -2.20. The van der Waals surface area contributed by atoms with Gasteiger partial charge in [-0.15, -0.1) is 0 Å². The molecule has 2 aromatic carbocycles. The molecule has 0 saturated carbocycles. The van der Waals surface area contributed by atoms with E-state index in [4.69, 9.17) is 9.84 Å². The van der Waals surface area contributed by atoms with E-state index in [1.807, 2.05) is 24.3 Å². The Morgan fingerprint density at radius 2 is 2.05 bits per heavy atom. The number of aliphatic carboxylic acids is 1. The Balaban J connectivity index is 1.54. The summed E-state index contributed by atoms with van der Waals surface area (Å²) < 4.78 is 5.90. The van der Waals surface area contributed by atoms with Crippen molar-refractivity contribution in [1.29, 1.82) is 0 Å². The first kappa shape index (κ1) is 14.9. The Morgan fingerprint density at radius 1 is 1.23 bits per heavy atom. The Morgan fingerprint density at radius 3 is 2.91 bits per heavy atom. The van der Waals surface area contributed by atoms with Crippen LogP contribution in [0.5, 0.6) is 5.75 Å². The third-order valence-electron chi connectivity index (χ3n) is 4.25. The highest BCUT2D eigenvalue weighted by Crippen LogP contribution is 2.25. The number of rotatable bonds is 6. The van der Waals surface area contributed by atoms with Crippen molar-refractivity contribution < 1.29 is 14.6 Å². The average molecular weight is 299 g/mol. The van der Waals surface area contributed by atoms with Crippen LogP contribution in [0.2, 0.25) is 0 Å². The fraction of sp³-hybridized carbons (Fsp3) is 0.389. The fourth-order valence-electron chi connectivity index (χ4n) is 3.14. The third kappa shape index (κ3) is 3.22. The van der Waals surface area contributed by atoms with Crippen LogP contribution < -0.4 is 4.74 Å². The highest BCUT2D eigenvalue weighted by Gasteiger charge is 2.29. The molecule has 1 saturated heterocycles. The number of likely N-dealkylation sites (tertiary alicyclic amines) is 1. The van der Waals surface area contributed by atoms with Gasteiger partial charge >= 0.3 is 5.97 Å². The molecule has 1 aliphatic heterocycles. The first-order valence-corrected chi connectivity index (χ1v) is 7.83. The Kier molecular flexibility index (Phi) is 4.59.